The molecular formula is C18H15FN2O3S2. The Bertz CT molecular complexity index is 880. The van der Waals surface area contributed by atoms with E-state index in [4.69, 9.17) is 0 Å². The van der Waals surface area contributed by atoms with Crippen molar-refractivity contribution in [2.45, 2.75) is 6.54 Å². The van der Waals surface area contributed by atoms with Crippen LogP contribution in [0.1, 0.15) is 10.4 Å². The van der Waals surface area contributed by atoms with Crippen LogP contribution >= 0.6 is 23.1 Å². The smallest absolute Gasteiger partial charge is 0.294 e. The van der Waals surface area contributed by atoms with Gasteiger partial charge in [0.05, 0.1) is 4.91 Å². The highest BCUT2D eigenvalue weighted by Gasteiger charge is 2.36. The van der Waals surface area contributed by atoms with Crippen LogP contribution in [-0.4, -0.2) is 40.4 Å². The maximum atomic E-state index is 13.7. The van der Waals surface area contributed by atoms with Gasteiger partial charge in [-0.3, -0.25) is 19.3 Å². The van der Waals surface area contributed by atoms with Crippen molar-refractivity contribution in [2.75, 3.05) is 13.6 Å². The summed E-state index contributed by atoms with van der Waals surface area (Å²) in [4.78, 5) is 40.2. The van der Waals surface area contributed by atoms with Crippen LogP contribution in [0.5, 0.6) is 0 Å². The molecular weight excluding hydrogens is 375 g/mol. The van der Waals surface area contributed by atoms with Crippen LogP contribution in [0.4, 0.5) is 9.18 Å². The molecule has 1 aliphatic rings. The number of imide groups is 1. The van der Waals surface area contributed by atoms with Crippen molar-refractivity contribution in [3.05, 3.63) is 62.9 Å². The molecule has 8 heteroatoms. The van der Waals surface area contributed by atoms with Crippen LogP contribution in [0, 0.1) is 5.82 Å². The number of likely N-dealkylation sites (N-methyl/N-ethyl adjacent to an activating group) is 1. The van der Waals surface area contributed by atoms with Crippen LogP contribution in [-0.2, 0) is 16.1 Å². The van der Waals surface area contributed by atoms with Crippen molar-refractivity contribution in [3.63, 3.8) is 0 Å². The summed E-state index contributed by atoms with van der Waals surface area (Å²) in [5, 5.41) is 1.39. The molecule has 3 amide bonds. The van der Waals surface area contributed by atoms with E-state index < -0.39 is 22.9 Å². The van der Waals surface area contributed by atoms with Crippen molar-refractivity contribution < 1.29 is 18.8 Å². The van der Waals surface area contributed by atoms with Crippen LogP contribution < -0.4 is 0 Å². The molecule has 0 N–H and O–H groups in total. The van der Waals surface area contributed by atoms with E-state index in [0.717, 1.165) is 21.5 Å². The van der Waals surface area contributed by atoms with Gasteiger partial charge in [0.2, 0.25) is 5.91 Å². The van der Waals surface area contributed by atoms with E-state index in [1.807, 2.05) is 17.5 Å². The van der Waals surface area contributed by atoms with E-state index in [-0.39, 0.29) is 13.1 Å². The average molecular weight is 390 g/mol. The molecule has 3 rings (SSSR count). The second kappa shape index (κ2) is 7.84. The minimum Gasteiger partial charge on any atom is -0.340 e. The van der Waals surface area contributed by atoms with E-state index in [1.165, 1.54) is 29.4 Å². The number of carbonyl (C=O) groups is 3. The first kappa shape index (κ1) is 18.3. The van der Waals surface area contributed by atoms with E-state index in [2.05, 4.69) is 0 Å². The number of halogens is 1. The molecule has 1 aromatic carbocycles. The number of amides is 3. The number of nitrogens with zero attached hydrogens (tertiary/aromatic N) is 2. The van der Waals surface area contributed by atoms with Crippen molar-refractivity contribution in [1.29, 1.82) is 0 Å². The molecule has 1 aromatic heterocycles. The first-order valence-electron chi connectivity index (χ1n) is 7.72. The fraction of sp³-hybridized carbons (Fsp3) is 0.167. The molecule has 0 spiro atoms. The molecule has 0 atom stereocenters. The molecule has 0 radical (unpaired) electrons. The average Bonchev–Trinajstić information content (AvgIpc) is 3.21. The van der Waals surface area contributed by atoms with E-state index >= 15 is 0 Å². The van der Waals surface area contributed by atoms with Crippen molar-refractivity contribution in [1.82, 2.24) is 9.80 Å². The third kappa shape index (κ3) is 4.03. The third-order valence-electron chi connectivity index (χ3n) is 3.77. The number of hydrogen-bond donors (Lipinski definition) is 0. The molecule has 1 aliphatic heterocycles. The van der Waals surface area contributed by atoms with Gasteiger partial charge in [0.25, 0.3) is 11.1 Å². The van der Waals surface area contributed by atoms with Gasteiger partial charge in [-0.05, 0) is 35.4 Å². The lowest BCUT2D eigenvalue weighted by atomic mass is 10.2. The Morgan fingerprint density at radius 3 is 2.69 bits per heavy atom. The van der Waals surface area contributed by atoms with Crippen LogP contribution in [0.25, 0.3) is 6.08 Å². The molecule has 5 nitrogen and oxygen atoms in total. The molecule has 0 unspecified atom stereocenters. The van der Waals surface area contributed by atoms with Crippen LogP contribution in [0.2, 0.25) is 0 Å². The minimum absolute atomic E-state index is 0.0623. The van der Waals surface area contributed by atoms with Crippen molar-refractivity contribution >= 4 is 46.2 Å². The van der Waals surface area contributed by atoms with E-state index in [0.29, 0.717) is 10.5 Å². The SMILES string of the molecule is CN(Cc1ccccc1F)C(=O)CN1C(=O)S/C(=C\c2cccs2)C1=O. The topological polar surface area (TPSA) is 57.7 Å². The molecule has 26 heavy (non-hydrogen) atoms. The Labute approximate surface area is 158 Å². The molecule has 134 valence electrons. The summed E-state index contributed by atoms with van der Waals surface area (Å²) < 4.78 is 13.7. The Morgan fingerprint density at radius 1 is 1.23 bits per heavy atom. The van der Waals surface area contributed by atoms with E-state index in [1.54, 1.807) is 24.3 Å². The maximum Gasteiger partial charge on any atom is 0.294 e. The molecule has 0 saturated carbocycles. The first-order valence-corrected chi connectivity index (χ1v) is 9.41. The Balaban J connectivity index is 1.66. The van der Waals surface area contributed by atoms with Crippen molar-refractivity contribution in [3.8, 4) is 0 Å². The number of hydrogen-bond acceptors (Lipinski definition) is 5. The standard InChI is InChI=1S/C18H15FN2O3S2/c1-20(10-12-5-2-3-7-14(12)19)16(22)11-21-17(23)15(26-18(21)24)9-13-6-4-8-25-13/h2-9H,10-11H2,1H3/b15-9-. The molecule has 1 fully saturated rings. The maximum absolute atomic E-state index is 13.7. The summed E-state index contributed by atoms with van der Waals surface area (Å²) in [7, 11) is 1.51. The first-order chi connectivity index (χ1) is 12.5. The number of thiophene rings is 1. The summed E-state index contributed by atoms with van der Waals surface area (Å²) in [5.41, 5.74) is 0.370. The zero-order chi connectivity index (χ0) is 18.7. The molecule has 2 aromatic rings. The van der Waals surface area contributed by atoms with Gasteiger partial charge in [-0.25, -0.2) is 4.39 Å². The zero-order valence-corrected chi connectivity index (χ0v) is 15.5. The Morgan fingerprint density at radius 2 is 2.00 bits per heavy atom. The summed E-state index contributed by atoms with van der Waals surface area (Å²) in [5.74, 6) is -1.33. The lowest BCUT2D eigenvalue weighted by Crippen LogP contribution is -2.40. The summed E-state index contributed by atoms with van der Waals surface area (Å²) in [6.45, 7) is -0.301. The predicted molar refractivity (Wildman–Crippen MR) is 99.9 cm³/mol. The van der Waals surface area contributed by atoms with Gasteiger partial charge in [-0.2, -0.15) is 0 Å². The fourth-order valence-electron chi connectivity index (χ4n) is 2.37. The summed E-state index contributed by atoms with van der Waals surface area (Å²) >= 11 is 2.27. The monoisotopic (exact) mass is 390 g/mol. The number of thioether (sulfide) groups is 1. The number of benzene rings is 1. The molecule has 1 saturated heterocycles. The number of rotatable bonds is 5. The Kier molecular flexibility index (Phi) is 5.53. The minimum atomic E-state index is -0.485. The highest BCUT2D eigenvalue weighted by Crippen LogP contribution is 2.32. The van der Waals surface area contributed by atoms with Gasteiger partial charge < -0.3 is 4.90 Å². The third-order valence-corrected chi connectivity index (χ3v) is 5.50. The normalized spacial score (nSPS) is 15.8. The highest BCUT2D eigenvalue weighted by molar-refractivity contribution is 8.18. The van der Waals surface area contributed by atoms with Gasteiger partial charge in [0.1, 0.15) is 12.4 Å². The Hall–Kier alpha value is -2.45. The van der Waals surface area contributed by atoms with Crippen LogP contribution in [0.15, 0.2) is 46.7 Å². The zero-order valence-electron chi connectivity index (χ0n) is 13.8. The fourth-order valence-corrected chi connectivity index (χ4v) is 3.93. The van der Waals surface area contributed by atoms with E-state index in [9.17, 15) is 18.8 Å². The highest BCUT2D eigenvalue weighted by atomic mass is 32.2. The second-order valence-electron chi connectivity index (χ2n) is 5.62. The quantitative estimate of drug-likeness (QED) is 0.733. The van der Waals surface area contributed by atoms with Gasteiger partial charge in [0.15, 0.2) is 0 Å². The lowest BCUT2D eigenvalue weighted by Gasteiger charge is -2.20. The predicted octanol–water partition coefficient (Wildman–Crippen LogP) is 3.58. The van der Waals surface area contributed by atoms with Crippen molar-refractivity contribution in [2.24, 2.45) is 0 Å². The summed E-state index contributed by atoms with van der Waals surface area (Å²) in [6, 6.07) is 9.85. The van der Waals surface area contributed by atoms with Crippen LogP contribution in [0.3, 0.4) is 0 Å². The molecule has 2 heterocycles. The van der Waals surface area contributed by atoms with Gasteiger partial charge in [-0.1, -0.05) is 24.3 Å². The molecule has 0 aliphatic carbocycles. The largest absolute Gasteiger partial charge is 0.340 e. The number of carbonyl (C=O) groups excluding carboxylic acids is 3. The lowest BCUT2D eigenvalue weighted by molar-refractivity contribution is -0.135. The second-order valence-corrected chi connectivity index (χ2v) is 7.60. The van der Waals surface area contributed by atoms with Gasteiger partial charge in [0, 0.05) is 24.0 Å². The van der Waals surface area contributed by atoms with Gasteiger partial charge >= 0.3 is 0 Å². The summed E-state index contributed by atoms with van der Waals surface area (Å²) in [6.07, 6.45) is 1.64. The molecule has 0 bridgehead atoms. The van der Waals surface area contributed by atoms with Gasteiger partial charge in [-0.15, -0.1) is 11.3 Å².